The zero-order chi connectivity index (χ0) is 11.4. The molecule has 0 aliphatic rings. The predicted molar refractivity (Wildman–Crippen MR) is 63.1 cm³/mol. The molecule has 1 amide bonds. The molecule has 1 rings (SSSR count). The lowest BCUT2D eigenvalue weighted by atomic mass is 10.4. The summed E-state index contributed by atoms with van der Waals surface area (Å²) in [5.74, 6) is 0.578. The first-order valence-corrected chi connectivity index (χ1v) is 5.49. The maximum atomic E-state index is 11.5. The number of aromatic nitrogens is 1. The molecule has 0 saturated heterocycles. The van der Waals surface area contributed by atoms with Gasteiger partial charge in [0.25, 0.3) is 0 Å². The van der Waals surface area contributed by atoms with Crippen LogP contribution in [0.5, 0.6) is 0 Å². The molecule has 0 saturated carbocycles. The molecule has 0 unspecified atom stereocenters. The van der Waals surface area contributed by atoms with Crippen LogP contribution < -0.4 is 10.6 Å². The highest BCUT2D eigenvalue weighted by atomic mass is 32.1. The highest BCUT2D eigenvalue weighted by Crippen LogP contribution is 2.22. The van der Waals surface area contributed by atoms with Gasteiger partial charge in [-0.15, -0.1) is 0 Å². The lowest BCUT2D eigenvalue weighted by Gasteiger charge is -2.21. The van der Waals surface area contributed by atoms with Gasteiger partial charge < -0.3 is 15.5 Å². The highest BCUT2D eigenvalue weighted by Gasteiger charge is 2.13. The fourth-order valence-corrected chi connectivity index (χ4v) is 1.81. The minimum atomic E-state index is 0.0730. The molecule has 15 heavy (non-hydrogen) atoms. The van der Waals surface area contributed by atoms with E-state index in [0.29, 0.717) is 12.4 Å². The maximum absolute atomic E-state index is 11.5. The SMILES string of the molecule is CCN(CC(=O)N(C)C)c1cc(N)ns1. The molecular weight excluding hydrogens is 212 g/mol. The molecule has 1 aromatic rings. The monoisotopic (exact) mass is 228 g/mol. The third kappa shape index (κ3) is 3.09. The van der Waals surface area contributed by atoms with Crippen LogP contribution in [-0.2, 0) is 4.79 Å². The van der Waals surface area contributed by atoms with Crippen molar-refractivity contribution in [3.8, 4) is 0 Å². The molecule has 0 radical (unpaired) electrons. The number of likely N-dealkylation sites (N-methyl/N-ethyl adjacent to an activating group) is 2. The minimum absolute atomic E-state index is 0.0730. The first-order chi connectivity index (χ1) is 7.04. The summed E-state index contributed by atoms with van der Waals surface area (Å²) in [4.78, 5) is 15.1. The maximum Gasteiger partial charge on any atom is 0.241 e. The quantitative estimate of drug-likeness (QED) is 0.821. The Morgan fingerprint density at radius 3 is 2.67 bits per heavy atom. The zero-order valence-corrected chi connectivity index (χ0v) is 10.0. The molecule has 0 atom stereocenters. The fraction of sp³-hybridized carbons (Fsp3) is 0.556. The minimum Gasteiger partial charge on any atom is -0.383 e. The standard InChI is InChI=1S/C9H16N4OS/c1-4-13(6-8(14)12(2)3)9-5-7(10)11-15-9/h5H,4,6H2,1-3H3,(H2,10,11). The number of anilines is 2. The van der Waals surface area contributed by atoms with Gasteiger partial charge in [0.15, 0.2) is 0 Å². The van der Waals surface area contributed by atoms with Gasteiger partial charge in [0.2, 0.25) is 5.91 Å². The molecule has 0 fully saturated rings. The Bertz CT molecular complexity index is 337. The number of carbonyl (C=O) groups is 1. The van der Waals surface area contributed by atoms with E-state index in [1.54, 1.807) is 25.1 Å². The molecule has 5 nitrogen and oxygen atoms in total. The number of nitrogen functional groups attached to an aromatic ring is 1. The van der Waals surface area contributed by atoms with Crippen LogP contribution in [0.15, 0.2) is 6.07 Å². The largest absolute Gasteiger partial charge is 0.383 e. The Hall–Kier alpha value is -1.30. The van der Waals surface area contributed by atoms with E-state index in [2.05, 4.69) is 4.37 Å². The van der Waals surface area contributed by atoms with Gasteiger partial charge in [0.05, 0.1) is 6.54 Å². The van der Waals surface area contributed by atoms with Gasteiger partial charge in [-0.3, -0.25) is 4.79 Å². The van der Waals surface area contributed by atoms with Gasteiger partial charge in [-0.05, 0) is 18.5 Å². The Morgan fingerprint density at radius 2 is 2.27 bits per heavy atom. The molecular formula is C9H16N4OS. The third-order valence-corrected chi connectivity index (χ3v) is 2.90. The van der Waals surface area contributed by atoms with Crippen LogP contribution in [0.25, 0.3) is 0 Å². The summed E-state index contributed by atoms with van der Waals surface area (Å²) >= 11 is 1.32. The van der Waals surface area contributed by atoms with E-state index < -0.39 is 0 Å². The Kier molecular flexibility index (Phi) is 3.90. The van der Waals surface area contributed by atoms with Gasteiger partial charge in [0, 0.05) is 26.7 Å². The number of nitrogens with two attached hydrogens (primary N) is 1. The predicted octanol–water partition coefficient (Wildman–Crippen LogP) is 0.640. The van der Waals surface area contributed by atoms with E-state index in [1.807, 2.05) is 11.8 Å². The summed E-state index contributed by atoms with van der Waals surface area (Å²) in [5, 5.41) is 0.935. The van der Waals surface area contributed by atoms with Crippen molar-refractivity contribution in [2.24, 2.45) is 0 Å². The molecule has 0 bridgehead atoms. The van der Waals surface area contributed by atoms with Crippen molar-refractivity contribution in [1.82, 2.24) is 9.27 Å². The summed E-state index contributed by atoms with van der Waals surface area (Å²) in [5.41, 5.74) is 5.54. The second kappa shape index (κ2) is 4.97. The number of amides is 1. The van der Waals surface area contributed by atoms with E-state index >= 15 is 0 Å². The van der Waals surface area contributed by atoms with Gasteiger partial charge in [0.1, 0.15) is 10.8 Å². The molecule has 84 valence electrons. The normalized spacial score (nSPS) is 10.1. The molecule has 2 N–H and O–H groups in total. The van der Waals surface area contributed by atoms with Crippen molar-refractivity contribution >= 4 is 28.3 Å². The summed E-state index contributed by atoms with van der Waals surface area (Å²) < 4.78 is 3.99. The van der Waals surface area contributed by atoms with Crippen LogP contribution >= 0.6 is 11.5 Å². The number of carbonyl (C=O) groups excluding carboxylic acids is 1. The highest BCUT2D eigenvalue weighted by molar-refractivity contribution is 7.10. The smallest absolute Gasteiger partial charge is 0.241 e. The number of nitrogens with zero attached hydrogens (tertiary/aromatic N) is 3. The van der Waals surface area contributed by atoms with Crippen LogP contribution in [-0.4, -0.2) is 42.4 Å². The van der Waals surface area contributed by atoms with Crippen molar-refractivity contribution in [3.63, 3.8) is 0 Å². The molecule has 1 heterocycles. The van der Waals surface area contributed by atoms with E-state index in [0.717, 1.165) is 11.5 Å². The molecule has 0 aliphatic carbocycles. The summed E-state index contributed by atoms with van der Waals surface area (Å²) in [6.45, 7) is 3.13. The summed E-state index contributed by atoms with van der Waals surface area (Å²) in [7, 11) is 3.49. The van der Waals surface area contributed by atoms with Crippen molar-refractivity contribution in [2.75, 3.05) is 37.8 Å². The zero-order valence-electron chi connectivity index (χ0n) is 9.23. The van der Waals surface area contributed by atoms with E-state index in [4.69, 9.17) is 5.73 Å². The van der Waals surface area contributed by atoms with Gasteiger partial charge >= 0.3 is 0 Å². The Labute approximate surface area is 93.6 Å². The van der Waals surface area contributed by atoms with Gasteiger partial charge in [-0.2, -0.15) is 4.37 Å². The van der Waals surface area contributed by atoms with Gasteiger partial charge in [-0.1, -0.05) is 0 Å². The fourth-order valence-electron chi connectivity index (χ4n) is 1.08. The van der Waals surface area contributed by atoms with Crippen LogP contribution in [0.3, 0.4) is 0 Å². The third-order valence-electron chi connectivity index (χ3n) is 2.03. The van der Waals surface area contributed by atoms with Crippen molar-refractivity contribution in [2.45, 2.75) is 6.92 Å². The molecule has 1 aromatic heterocycles. The van der Waals surface area contributed by atoms with Crippen LogP contribution in [0, 0.1) is 0 Å². The lowest BCUT2D eigenvalue weighted by Crippen LogP contribution is -2.36. The molecule has 0 aliphatic heterocycles. The van der Waals surface area contributed by atoms with Crippen molar-refractivity contribution in [3.05, 3.63) is 6.07 Å². The molecule has 0 spiro atoms. The van der Waals surface area contributed by atoms with Gasteiger partial charge in [-0.25, -0.2) is 0 Å². The van der Waals surface area contributed by atoms with Crippen LogP contribution in [0.1, 0.15) is 6.92 Å². The van der Waals surface area contributed by atoms with E-state index in [9.17, 15) is 4.79 Å². The Balaban J connectivity index is 2.68. The van der Waals surface area contributed by atoms with Crippen molar-refractivity contribution in [1.29, 1.82) is 0 Å². The summed E-state index contributed by atoms with van der Waals surface area (Å²) in [6.07, 6.45) is 0. The van der Waals surface area contributed by atoms with E-state index in [1.165, 1.54) is 11.5 Å². The topological polar surface area (TPSA) is 62.5 Å². The second-order valence-electron chi connectivity index (χ2n) is 3.39. The second-order valence-corrected chi connectivity index (χ2v) is 4.18. The number of hydrogen-bond acceptors (Lipinski definition) is 5. The average Bonchev–Trinajstić information content (AvgIpc) is 2.60. The molecule has 0 aromatic carbocycles. The van der Waals surface area contributed by atoms with Crippen LogP contribution in [0.2, 0.25) is 0 Å². The number of rotatable bonds is 4. The number of hydrogen-bond donors (Lipinski definition) is 1. The first-order valence-electron chi connectivity index (χ1n) is 4.72. The Morgan fingerprint density at radius 1 is 1.60 bits per heavy atom. The summed E-state index contributed by atoms with van der Waals surface area (Å²) in [6, 6.07) is 1.79. The molecule has 6 heteroatoms. The first kappa shape index (κ1) is 11.8. The average molecular weight is 228 g/mol. The van der Waals surface area contributed by atoms with Crippen LogP contribution in [0.4, 0.5) is 10.8 Å². The van der Waals surface area contributed by atoms with E-state index in [-0.39, 0.29) is 5.91 Å². The lowest BCUT2D eigenvalue weighted by molar-refractivity contribution is -0.127. The van der Waals surface area contributed by atoms with Crippen molar-refractivity contribution < 1.29 is 4.79 Å².